The molecule has 4 rings (SSSR count). The lowest BCUT2D eigenvalue weighted by atomic mass is 9.40. The van der Waals surface area contributed by atoms with E-state index in [1.54, 1.807) is 0 Å². The van der Waals surface area contributed by atoms with E-state index in [0.717, 1.165) is 51.4 Å². The number of hydrogen-bond acceptors (Lipinski definition) is 4. The van der Waals surface area contributed by atoms with Crippen molar-refractivity contribution in [1.29, 1.82) is 0 Å². The van der Waals surface area contributed by atoms with Crippen LogP contribution in [-0.2, 0) is 0 Å². The molecule has 0 aromatic rings. The second-order valence-corrected chi connectivity index (χ2v) is 12.1. The minimum atomic E-state index is -0.367. The standard InChI is InChI=1S/C26H46O4/c1-5-17-20-13-16(28)10-11-25(20,3)23-21(29)14-26(4)18(15(2)7-6-12-27)8-9-19(26)22(23)24(17)30/h15-24,27-30H,5-14H2,1-4H3/t15-,16-,17-,18-,19?,20+,21+,22+,23?,24-,25+,26-/m1/s1. The summed E-state index contributed by atoms with van der Waals surface area (Å²) in [7, 11) is 0. The Labute approximate surface area is 183 Å². The van der Waals surface area contributed by atoms with E-state index < -0.39 is 0 Å². The van der Waals surface area contributed by atoms with Gasteiger partial charge in [0.25, 0.3) is 0 Å². The molecule has 4 aliphatic carbocycles. The Morgan fingerprint density at radius 3 is 2.40 bits per heavy atom. The first-order valence-electron chi connectivity index (χ1n) is 12.8. The van der Waals surface area contributed by atoms with Gasteiger partial charge in [-0.05, 0) is 104 Å². The molecule has 4 saturated carbocycles. The number of fused-ring (bicyclic) bond motifs is 5. The molecule has 4 heteroatoms. The van der Waals surface area contributed by atoms with E-state index in [1.165, 1.54) is 6.42 Å². The van der Waals surface area contributed by atoms with Crippen LogP contribution in [-0.4, -0.2) is 45.3 Å². The lowest BCUT2D eigenvalue weighted by Gasteiger charge is -2.66. The zero-order chi connectivity index (χ0) is 21.8. The van der Waals surface area contributed by atoms with Crippen LogP contribution in [0.1, 0.15) is 85.5 Å². The van der Waals surface area contributed by atoms with Gasteiger partial charge < -0.3 is 20.4 Å². The van der Waals surface area contributed by atoms with Crippen LogP contribution >= 0.6 is 0 Å². The maximum atomic E-state index is 11.7. The summed E-state index contributed by atoms with van der Waals surface area (Å²) in [6, 6.07) is 0. The normalized spacial score (nSPS) is 54.2. The van der Waals surface area contributed by atoms with E-state index >= 15 is 0 Å². The molecule has 0 aromatic heterocycles. The fourth-order valence-electron chi connectivity index (χ4n) is 9.66. The minimum Gasteiger partial charge on any atom is -0.396 e. The Balaban J connectivity index is 1.68. The van der Waals surface area contributed by atoms with E-state index in [9.17, 15) is 20.4 Å². The van der Waals surface area contributed by atoms with Crippen LogP contribution in [0.2, 0.25) is 0 Å². The van der Waals surface area contributed by atoms with Gasteiger partial charge in [-0.2, -0.15) is 0 Å². The Bertz CT molecular complexity index is 610. The van der Waals surface area contributed by atoms with Gasteiger partial charge in [-0.3, -0.25) is 0 Å². The summed E-state index contributed by atoms with van der Waals surface area (Å²) in [4.78, 5) is 0. The van der Waals surface area contributed by atoms with E-state index in [2.05, 4.69) is 27.7 Å². The van der Waals surface area contributed by atoms with Crippen molar-refractivity contribution in [2.45, 2.75) is 104 Å². The van der Waals surface area contributed by atoms with Crippen molar-refractivity contribution in [1.82, 2.24) is 0 Å². The first-order valence-corrected chi connectivity index (χ1v) is 12.8. The molecule has 0 radical (unpaired) electrons. The predicted octanol–water partition coefficient (Wildman–Crippen LogP) is 3.99. The molecule has 4 aliphatic rings. The summed E-state index contributed by atoms with van der Waals surface area (Å²) < 4.78 is 0. The highest BCUT2D eigenvalue weighted by Gasteiger charge is 2.67. The number of rotatable bonds is 5. The SMILES string of the molecule is CC[C@H]1[C@@H](O)[C@H]2C3CC[C@H]([C@H](C)CCCO)[C@@]3(C)C[C@H](O)C2[C@@]2(C)CC[C@@H](O)C[C@@H]12. The van der Waals surface area contributed by atoms with Gasteiger partial charge in [-0.1, -0.05) is 34.1 Å². The van der Waals surface area contributed by atoms with Crippen LogP contribution in [0.5, 0.6) is 0 Å². The van der Waals surface area contributed by atoms with Crippen LogP contribution < -0.4 is 0 Å². The Morgan fingerprint density at radius 2 is 1.73 bits per heavy atom. The molecule has 4 N–H and O–H groups in total. The second-order valence-electron chi connectivity index (χ2n) is 12.1. The molecule has 0 aliphatic heterocycles. The summed E-state index contributed by atoms with van der Waals surface area (Å²) in [6.07, 6.45) is 7.65. The summed E-state index contributed by atoms with van der Waals surface area (Å²) in [5, 5.41) is 43.1. The zero-order valence-corrected chi connectivity index (χ0v) is 19.6. The van der Waals surface area contributed by atoms with Gasteiger partial charge >= 0.3 is 0 Å². The Kier molecular flexibility index (Phi) is 6.38. The summed E-state index contributed by atoms with van der Waals surface area (Å²) >= 11 is 0. The van der Waals surface area contributed by atoms with Crippen LogP contribution in [0.15, 0.2) is 0 Å². The smallest absolute Gasteiger partial charge is 0.0605 e. The van der Waals surface area contributed by atoms with Crippen LogP contribution in [0, 0.1) is 52.3 Å². The summed E-state index contributed by atoms with van der Waals surface area (Å²) in [5.74, 6) is 2.45. The quantitative estimate of drug-likeness (QED) is 0.540. The van der Waals surface area contributed by atoms with Crippen molar-refractivity contribution in [3.05, 3.63) is 0 Å². The van der Waals surface area contributed by atoms with Crippen molar-refractivity contribution in [3.63, 3.8) is 0 Å². The van der Waals surface area contributed by atoms with E-state index in [-0.39, 0.29) is 53.5 Å². The molecule has 0 saturated heterocycles. The molecule has 2 unspecified atom stereocenters. The molecule has 0 aromatic carbocycles. The molecule has 4 nitrogen and oxygen atoms in total. The van der Waals surface area contributed by atoms with Crippen LogP contribution in [0.4, 0.5) is 0 Å². The monoisotopic (exact) mass is 422 g/mol. The van der Waals surface area contributed by atoms with Crippen molar-refractivity contribution < 1.29 is 20.4 Å². The Hall–Kier alpha value is -0.160. The average Bonchev–Trinajstić information content (AvgIpc) is 3.04. The third kappa shape index (κ3) is 3.31. The van der Waals surface area contributed by atoms with Gasteiger partial charge in [0.15, 0.2) is 0 Å². The molecule has 0 amide bonds. The van der Waals surface area contributed by atoms with Gasteiger partial charge in [-0.25, -0.2) is 0 Å². The highest BCUT2D eigenvalue weighted by Crippen LogP contribution is 2.69. The highest BCUT2D eigenvalue weighted by atomic mass is 16.3. The molecule has 4 fully saturated rings. The highest BCUT2D eigenvalue weighted by molar-refractivity contribution is 5.15. The third-order valence-corrected chi connectivity index (χ3v) is 10.9. The Morgan fingerprint density at radius 1 is 1.00 bits per heavy atom. The predicted molar refractivity (Wildman–Crippen MR) is 119 cm³/mol. The first-order chi connectivity index (χ1) is 14.2. The molecule has 30 heavy (non-hydrogen) atoms. The molecular weight excluding hydrogens is 376 g/mol. The van der Waals surface area contributed by atoms with Crippen molar-refractivity contribution in [2.75, 3.05) is 6.61 Å². The number of aliphatic hydroxyl groups is 4. The number of hydrogen-bond donors (Lipinski definition) is 4. The lowest BCUT2D eigenvalue weighted by molar-refractivity contribution is -0.235. The minimum absolute atomic E-state index is 0.0190. The number of aliphatic hydroxyl groups excluding tert-OH is 4. The maximum absolute atomic E-state index is 11.7. The molecule has 0 spiro atoms. The maximum Gasteiger partial charge on any atom is 0.0605 e. The van der Waals surface area contributed by atoms with Gasteiger partial charge in [-0.15, -0.1) is 0 Å². The van der Waals surface area contributed by atoms with Gasteiger partial charge in [0.2, 0.25) is 0 Å². The average molecular weight is 423 g/mol. The van der Waals surface area contributed by atoms with Crippen molar-refractivity contribution in [3.8, 4) is 0 Å². The van der Waals surface area contributed by atoms with Gasteiger partial charge in [0, 0.05) is 6.61 Å². The van der Waals surface area contributed by atoms with Crippen LogP contribution in [0.3, 0.4) is 0 Å². The van der Waals surface area contributed by atoms with Gasteiger partial charge in [0.05, 0.1) is 18.3 Å². The fourth-order valence-corrected chi connectivity index (χ4v) is 9.66. The van der Waals surface area contributed by atoms with E-state index in [1.807, 2.05) is 0 Å². The lowest BCUT2D eigenvalue weighted by Crippen LogP contribution is -2.65. The van der Waals surface area contributed by atoms with Crippen molar-refractivity contribution in [2.24, 2.45) is 52.3 Å². The fraction of sp³-hybridized carbons (Fsp3) is 1.00. The summed E-state index contributed by atoms with van der Waals surface area (Å²) in [6.45, 7) is 9.56. The largest absolute Gasteiger partial charge is 0.396 e. The first kappa shape index (κ1) is 23.0. The van der Waals surface area contributed by atoms with Crippen LogP contribution in [0.25, 0.3) is 0 Å². The zero-order valence-electron chi connectivity index (χ0n) is 19.6. The topological polar surface area (TPSA) is 80.9 Å². The molecule has 12 atom stereocenters. The molecule has 0 heterocycles. The van der Waals surface area contributed by atoms with E-state index in [0.29, 0.717) is 23.7 Å². The van der Waals surface area contributed by atoms with Gasteiger partial charge in [0.1, 0.15) is 0 Å². The second kappa shape index (κ2) is 8.32. The van der Waals surface area contributed by atoms with E-state index in [4.69, 9.17) is 0 Å². The third-order valence-electron chi connectivity index (χ3n) is 10.9. The summed E-state index contributed by atoms with van der Waals surface area (Å²) in [5.41, 5.74) is 0.0945. The molecular formula is C26H46O4. The van der Waals surface area contributed by atoms with Crippen molar-refractivity contribution >= 4 is 0 Å². The molecule has 0 bridgehead atoms. The molecule has 174 valence electrons.